The summed E-state index contributed by atoms with van der Waals surface area (Å²) in [5.41, 5.74) is 3.58. The number of nitrogens with zero attached hydrogens (tertiary/aromatic N) is 1. The molecule has 3 aromatic carbocycles. The van der Waals surface area contributed by atoms with Gasteiger partial charge in [0.25, 0.3) is 10.1 Å². The molecule has 0 bridgehead atoms. The van der Waals surface area contributed by atoms with Crippen molar-refractivity contribution in [1.29, 1.82) is 0 Å². The van der Waals surface area contributed by atoms with Gasteiger partial charge in [0.2, 0.25) is 0 Å². The molecule has 0 spiro atoms. The number of fused-ring (bicyclic) bond motifs is 1. The minimum Gasteiger partial charge on any atom is -0.496 e. The lowest BCUT2D eigenvalue weighted by Gasteiger charge is -2.13. The van der Waals surface area contributed by atoms with Gasteiger partial charge < -0.3 is 4.74 Å². The number of hydrogen-bond acceptors (Lipinski definition) is 4. The van der Waals surface area contributed by atoms with Crippen LogP contribution in [0.5, 0.6) is 5.75 Å². The van der Waals surface area contributed by atoms with Gasteiger partial charge in [0.15, 0.2) is 0 Å². The van der Waals surface area contributed by atoms with E-state index in [0.717, 1.165) is 22.1 Å². The van der Waals surface area contributed by atoms with Crippen LogP contribution >= 0.6 is 0 Å². The lowest BCUT2D eigenvalue weighted by molar-refractivity contribution is 0.416. The van der Waals surface area contributed by atoms with Crippen molar-refractivity contribution >= 4 is 20.9 Å². The molecule has 0 atom stereocenters. The zero-order chi connectivity index (χ0) is 19.7. The third kappa shape index (κ3) is 3.35. The molecule has 4 rings (SSSR count). The zero-order valence-corrected chi connectivity index (χ0v) is 15.8. The number of methoxy groups -OCH3 is 1. The van der Waals surface area contributed by atoms with E-state index < -0.39 is 10.1 Å². The molecule has 0 aliphatic rings. The molecule has 140 valence electrons. The Morgan fingerprint density at radius 1 is 0.893 bits per heavy atom. The maximum Gasteiger partial charge on any atom is 0.294 e. The quantitative estimate of drug-likeness (QED) is 0.505. The third-order valence-corrected chi connectivity index (χ3v) is 5.45. The van der Waals surface area contributed by atoms with Gasteiger partial charge in [-0.1, -0.05) is 42.5 Å². The van der Waals surface area contributed by atoms with E-state index in [1.165, 1.54) is 12.1 Å². The summed E-state index contributed by atoms with van der Waals surface area (Å²) >= 11 is 0. The van der Waals surface area contributed by atoms with E-state index in [1.807, 2.05) is 48.5 Å². The predicted octanol–water partition coefficient (Wildman–Crippen LogP) is 4.82. The molecule has 0 radical (unpaired) electrons. The van der Waals surface area contributed by atoms with Crippen LogP contribution in [0, 0.1) is 0 Å². The predicted molar refractivity (Wildman–Crippen MR) is 109 cm³/mol. The van der Waals surface area contributed by atoms with E-state index >= 15 is 0 Å². The first-order valence-corrected chi connectivity index (χ1v) is 10.0. The van der Waals surface area contributed by atoms with E-state index in [4.69, 9.17) is 4.74 Å². The van der Waals surface area contributed by atoms with Gasteiger partial charge in [-0.2, -0.15) is 8.42 Å². The zero-order valence-electron chi connectivity index (χ0n) is 15.0. The third-order valence-electron chi connectivity index (χ3n) is 4.60. The van der Waals surface area contributed by atoms with Gasteiger partial charge in [-0.25, -0.2) is 0 Å². The largest absolute Gasteiger partial charge is 0.496 e. The first kappa shape index (κ1) is 18.2. The molecule has 0 amide bonds. The maximum absolute atomic E-state index is 11.4. The lowest BCUT2D eigenvalue weighted by Crippen LogP contribution is -1.98. The van der Waals surface area contributed by atoms with E-state index in [-0.39, 0.29) is 4.90 Å². The average Bonchev–Trinajstić information content (AvgIpc) is 2.72. The molecule has 4 aromatic rings. The second kappa shape index (κ2) is 7.07. The summed E-state index contributed by atoms with van der Waals surface area (Å²) in [6.07, 6.45) is 1.61. The van der Waals surface area contributed by atoms with Crippen molar-refractivity contribution in [2.75, 3.05) is 7.11 Å². The van der Waals surface area contributed by atoms with E-state index in [1.54, 1.807) is 25.4 Å². The Hall–Kier alpha value is -3.22. The Bertz CT molecular complexity index is 1270. The Labute approximate surface area is 163 Å². The van der Waals surface area contributed by atoms with Crippen molar-refractivity contribution in [3.63, 3.8) is 0 Å². The minimum absolute atomic E-state index is 0.149. The molecular formula is C22H17NO4S. The molecule has 1 aromatic heterocycles. The molecule has 28 heavy (non-hydrogen) atoms. The molecule has 5 nitrogen and oxygen atoms in total. The van der Waals surface area contributed by atoms with Crippen LogP contribution in [0.2, 0.25) is 0 Å². The number of pyridine rings is 1. The van der Waals surface area contributed by atoms with Crippen LogP contribution in [0.25, 0.3) is 33.2 Å². The number of aromatic nitrogens is 1. The number of ether oxygens (including phenoxy) is 1. The first-order chi connectivity index (χ1) is 13.5. The first-order valence-electron chi connectivity index (χ1n) is 8.57. The minimum atomic E-state index is -4.27. The molecule has 0 fully saturated rings. The monoisotopic (exact) mass is 391 g/mol. The van der Waals surface area contributed by atoms with Gasteiger partial charge in [0.05, 0.1) is 17.7 Å². The van der Waals surface area contributed by atoms with Crippen LogP contribution in [-0.2, 0) is 10.1 Å². The summed E-state index contributed by atoms with van der Waals surface area (Å²) in [5, 5.41) is 1.43. The topological polar surface area (TPSA) is 76.5 Å². The van der Waals surface area contributed by atoms with Crippen LogP contribution < -0.4 is 4.74 Å². The SMILES string of the molecule is COc1cc(-c2ccccc2)ccc1-c1nccc2cc(S(=O)(=O)O)ccc12. The highest BCUT2D eigenvalue weighted by molar-refractivity contribution is 7.85. The Morgan fingerprint density at radius 2 is 1.68 bits per heavy atom. The van der Waals surface area contributed by atoms with Crippen LogP contribution in [0.3, 0.4) is 0 Å². The second-order valence-electron chi connectivity index (χ2n) is 6.30. The van der Waals surface area contributed by atoms with Gasteiger partial charge in [0.1, 0.15) is 5.75 Å². The Morgan fingerprint density at radius 3 is 2.39 bits per heavy atom. The van der Waals surface area contributed by atoms with Crippen LogP contribution in [-0.4, -0.2) is 25.1 Å². The Balaban J connectivity index is 1.88. The molecule has 0 aliphatic heterocycles. The molecule has 6 heteroatoms. The van der Waals surface area contributed by atoms with Crippen molar-refractivity contribution < 1.29 is 17.7 Å². The summed E-state index contributed by atoms with van der Waals surface area (Å²) in [4.78, 5) is 4.34. The van der Waals surface area contributed by atoms with E-state index in [0.29, 0.717) is 16.8 Å². The van der Waals surface area contributed by atoms with Crippen LogP contribution in [0.4, 0.5) is 0 Å². The van der Waals surface area contributed by atoms with Crippen molar-refractivity contribution in [2.24, 2.45) is 0 Å². The maximum atomic E-state index is 11.4. The molecule has 0 aliphatic carbocycles. The Kier molecular flexibility index (Phi) is 4.58. The van der Waals surface area contributed by atoms with Crippen molar-refractivity contribution in [1.82, 2.24) is 4.98 Å². The smallest absolute Gasteiger partial charge is 0.294 e. The molecule has 1 N–H and O–H groups in total. The fraction of sp³-hybridized carbons (Fsp3) is 0.0455. The number of benzene rings is 3. The molecule has 0 saturated heterocycles. The molecule has 1 heterocycles. The molecule has 0 saturated carbocycles. The van der Waals surface area contributed by atoms with E-state index in [2.05, 4.69) is 4.98 Å². The average molecular weight is 391 g/mol. The van der Waals surface area contributed by atoms with Crippen molar-refractivity contribution in [3.8, 4) is 28.1 Å². The highest BCUT2D eigenvalue weighted by atomic mass is 32.2. The van der Waals surface area contributed by atoms with Gasteiger partial charge in [-0.3, -0.25) is 9.54 Å². The molecular weight excluding hydrogens is 374 g/mol. The van der Waals surface area contributed by atoms with E-state index in [9.17, 15) is 13.0 Å². The summed E-state index contributed by atoms with van der Waals surface area (Å²) in [7, 11) is -2.66. The highest BCUT2D eigenvalue weighted by Gasteiger charge is 2.15. The summed E-state index contributed by atoms with van der Waals surface area (Å²) in [6.45, 7) is 0. The number of hydrogen-bond donors (Lipinski definition) is 1. The van der Waals surface area contributed by atoms with Gasteiger partial charge in [0, 0.05) is 17.1 Å². The normalized spacial score (nSPS) is 11.5. The number of rotatable bonds is 4. The van der Waals surface area contributed by atoms with Gasteiger partial charge >= 0.3 is 0 Å². The summed E-state index contributed by atoms with van der Waals surface area (Å²) in [6, 6.07) is 22.0. The van der Waals surface area contributed by atoms with Gasteiger partial charge in [-0.15, -0.1) is 0 Å². The highest BCUT2D eigenvalue weighted by Crippen LogP contribution is 2.36. The van der Waals surface area contributed by atoms with Gasteiger partial charge in [-0.05, 0) is 46.8 Å². The molecule has 0 unspecified atom stereocenters. The van der Waals surface area contributed by atoms with Crippen LogP contribution in [0.15, 0.2) is 83.9 Å². The summed E-state index contributed by atoms with van der Waals surface area (Å²) < 4.78 is 37.8. The summed E-state index contributed by atoms with van der Waals surface area (Å²) in [5.74, 6) is 0.667. The standard InChI is InChI=1S/C22H17NO4S/c1-27-21-14-16(15-5-3-2-4-6-15)7-9-20(21)22-19-10-8-18(28(24,25)26)13-17(19)11-12-23-22/h2-14H,1H3,(H,24,25,26). The van der Waals surface area contributed by atoms with Crippen molar-refractivity contribution in [3.05, 3.63) is 79.0 Å². The fourth-order valence-electron chi connectivity index (χ4n) is 3.23. The second-order valence-corrected chi connectivity index (χ2v) is 7.72. The fourth-order valence-corrected chi connectivity index (χ4v) is 3.74. The van der Waals surface area contributed by atoms with Crippen molar-refractivity contribution in [2.45, 2.75) is 4.90 Å². The van der Waals surface area contributed by atoms with Crippen LogP contribution in [0.1, 0.15) is 0 Å². The lowest BCUT2D eigenvalue weighted by atomic mass is 9.99.